The van der Waals surface area contributed by atoms with Crippen LogP contribution in [0.15, 0.2) is 24.3 Å². The molecule has 0 radical (unpaired) electrons. The Morgan fingerprint density at radius 3 is 2.50 bits per heavy atom. The third-order valence-electron chi connectivity index (χ3n) is 3.70. The molecule has 0 spiro atoms. The second-order valence-electron chi connectivity index (χ2n) is 6.62. The van der Waals surface area contributed by atoms with Crippen molar-refractivity contribution in [3.8, 4) is 5.75 Å². The van der Waals surface area contributed by atoms with Gasteiger partial charge in [0, 0.05) is 19.6 Å². The van der Waals surface area contributed by atoms with Crippen LogP contribution >= 0.6 is 12.4 Å². The van der Waals surface area contributed by atoms with Gasteiger partial charge in [-0.05, 0) is 17.0 Å². The highest BCUT2D eigenvalue weighted by atomic mass is 35.5. The summed E-state index contributed by atoms with van der Waals surface area (Å²) < 4.78 is 11.2. The highest BCUT2D eigenvalue weighted by Gasteiger charge is 2.20. The van der Waals surface area contributed by atoms with E-state index in [-0.39, 0.29) is 17.8 Å². The van der Waals surface area contributed by atoms with Gasteiger partial charge < -0.3 is 14.6 Å². The van der Waals surface area contributed by atoms with Crippen molar-refractivity contribution in [1.29, 1.82) is 0 Å². The van der Waals surface area contributed by atoms with Crippen LogP contribution in [0.25, 0.3) is 0 Å². The molecule has 22 heavy (non-hydrogen) atoms. The van der Waals surface area contributed by atoms with Crippen molar-refractivity contribution in [2.45, 2.75) is 32.3 Å². The first-order valence-electron chi connectivity index (χ1n) is 7.67. The largest absolute Gasteiger partial charge is 0.491 e. The number of hydrogen-bond acceptors (Lipinski definition) is 4. The molecule has 1 N–H and O–H groups in total. The monoisotopic (exact) mass is 329 g/mol. The van der Waals surface area contributed by atoms with Gasteiger partial charge in [-0.3, -0.25) is 4.90 Å². The van der Waals surface area contributed by atoms with E-state index in [0.717, 1.165) is 32.1 Å². The summed E-state index contributed by atoms with van der Waals surface area (Å²) in [6, 6.07) is 8.06. The van der Waals surface area contributed by atoms with Crippen molar-refractivity contribution < 1.29 is 14.6 Å². The van der Waals surface area contributed by atoms with E-state index < -0.39 is 6.10 Å². The lowest BCUT2D eigenvalue weighted by Crippen LogP contribution is -2.42. The zero-order valence-electron chi connectivity index (χ0n) is 13.7. The summed E-state index contributed by atoms with van der Waals surface area (Å²) >= 11 is 0. The molecular formula is C17H28ClNO3. The number of aliphatic hydroxyl groups is 1. The van der Waals surface area contributed by atoms with Crippen LogP contribution < -0.4 is 4.74 Å². The van der Waals surface area contributed by atoms with Gasteiger partial charge in [0.1, 0.15) is 18.5 Å². The Kier molecular flexibility index (Phi) is 7.63. The van der Waals surface area contributed by atoms with Gasteiger partial charge in [-0.25, -0.2) is 0 Å². The number of nitrogens with zero attached hydrogens (tertiary/aromatic N) is 1. The van der Waals surface area contributed by atoms with Crippen LogP contribution in [0, 0.1) is 0 Å². The van der Waals surface area contributed by atoms with Crippen LogP contribution in [-0.4, -0.2) is 55.6 Å². The van der Waals surface area contributed by atoms with E-state index in [9.17, 15) is 5.11 Å². The Bertz CT molecular complexity index is 442. The van der Waals surface area contributed by atoms with E-state index in [1.54, 1.807) is 0 Å². The third-order valence-corrected chi connectivity index (χ3v) is 3.70. The molecule has 1 aliphatic rings. The molecule has 1 heterocycles. The number of halogens is 1. The summed E-state index contributed by atoms with van der Waals surface area (Å²) in [6.45, 7) is 10.7. The SMILES string of the molecule is CC(C)(C)c1ccccc1OCC(O)CN1CCOCC1.Cl. The fraction of sp³-hybridized carbons (Fsp3) is 0.647. The Morgan fingerprint density at radius 1 is 1.23 bits per heavy atom. The highest BCUT2D eigenvalue weighted by molar-refractivity contribution is 5.85. The summed E-state index contributed by atoms with van der Waals surface area (Å²) in [5.74, 6) is 0.867. The van der Waals surface area contributed by atoms with Gasteiger partial charge >= 0.3 is 0 Å². The van der Waals surface area contributed by atoms with Crippen molar-refractivity contribution in [3.63, 3.8) is 0 Å². The zero-order valence-corrected chi connectivity index (χ0v) is 14.6. The average Bonchev–Trinajstić information content (AvgIpc) is 2.45. The predicted octanol–water partition coefficient (Wildman–Crippen LogP) is 2.48. The third kappa shape index (κ3) is 5.76. The summed E-state index contributed by atoms with van der Waals surface area (Å²) in [5, 5.41) is 10.1. The number of benzene rings is 1. The topological polar surface area (TPSA) is 41.9 Å². The van der Waals surface area contributed by atoms with E-state index >= 15 is 0 Å². The maximum Gasteiger partial charge on any atom is 0.123 e. The maximum absolute atomic E-state index is 10.1. The van der Waals surface area contributed by atoms with Crippen molar-refractivity contribution >= 4 is 12.4 Å². The van der Waals surface area contributed by atoms with Crippen LogP contribution in [0.4, 0.5) is 0 Å². The van der Waals surface area contributed by atoms with Crippen LogP contribution in [-0.2, 0) is 10.2 Å². The van der Waals surface area contributed by atoms with Gasteiger partial charge in [0.15, 0.2) is 0 Å². The maximum atomic E-state index is 10.1. The number of morpholine rings is 1. The number of β-amino-alcohol motifs (C(OH)–C–C–N with tert-alkyl or cyclic N) is 1. The Morgan fingerprint density at radius 2 is 1.86 bits per heavy atom. The molecule has 5 heteroatoms. The number of hydrogen-bond donors (Lipinski definition) is 1. The quantitative estimate of drug-likeness (QED) is 0.901. The van der Waals surface area contributed by atoms with E-state index in [1.165, 1.54) is 5.56 Å². The summed E-state index contributed by atoms with van der Waals surface area (Å²) in [5.41, 5.74) is 1.20. The molecule has 1 fully saturated rings. The van der Waals surface area contributed by atoms with Gasteiger partial charge in [-0.15, -0.1) is 12.4 Å². The van der Waals surface area contributed by atoms with E-state index in [2.05, 4.69) is 31.7 Å². The van der Waals surface area contributed by atoms with Gasteiger partial charge in [-0.2, -0.15) is 0 Å². The number of rotatable bonds is 5. The molecule has 2 rings (SSSR count). The van der Waals surface area contributed by atoms with Gasteiger partial charge in [-0.1, -0.05) is 39.0 Å². The molecule has 0 amide bonds. The van der Waals surface area contributed by atoms with Crippen molar-refractivity contribution in [3.05, 3.63) is 29.8 Å². The molecule has 4 nitrogen and oxygen atoms in total. The van der Waals surface area contributed by atoms with Crippen LogP contribution in [0.1, 0.15) is 26.3 Å². The van der Waals surface area contributed by atoms with Crippen LogP contribution in [0.3, 0.4) is 0 Å². The minimum absolute atomic E-state index is 0. The molecule has 1 aromatic rings. The number of aliphatic hydroxyl groups excluding tert-OH is 1. The average molecular weight is 330 g/mol. The lowest BCUT2D eigenvalue weighted by molar-refractivity contribution is 0.00450. The molecular weight excluding hydrogens is 302 g/mol. The molecule has 0 saturated carbocycles. The molecule has 1 atom stereocenters. The van der Waals surface area contributed by atoms with Gasteiger partial charge in [0.2, 0.25) is 0 Å². The Balaban J connectivity index is 0.00000242. The minimum Gasteiger partial charge on any atom is -0.491 e. The zero-order chi connectivity index (χ0) is 15.3. The minimum atomic E-state index is -0.476. The first-order valence-corrected chi connectivity index (χ1v) is 7.67. The predicted molar refractivity (Wildman–Crippen MR) is 91.2 cm³/mol. The first-order chi connectivity index (χ1) is 9.97. The van der Waals surface area contributed by atoms with Crippen molar-refractivity contribution in [2.75, 3.05) is 39.5 Å². The van der Waals surface area contributed by atoms with E-state index in [1.807, 2.05) is 18.2 Å². The van der Waals surface area contributed by atoms with Crippen LogP contribution in [0.5, 0.6) is 5.75 Å². The lowest BCUT2D eigenvalue weighted by Gasteiger charge is -2.29. The first kappa shape index (κ1) is 19.2. The molecule has 1 saturated heterocycles. The van der Waals surface area contributed by atoms with Crippen molar-refractivity contribution in [1.82, 2.24) is 4.90 Å². The Labute approximate surface area is 139 Å². The fourth-order valence-electron chi connectivity index (χ4n) is 2.53. The van der Waals surface area contributed by atoms with Gasteiger partial charge in [0.05, 0.1) is 13.2 Å². The second kappa shape index (κ2) is 8.73. The van der Waals surface area contributed by atoms with Crippen LogP contribution in [0.2, 0.25) is 0 Å². The smallest absolute Gasteiger partial charge is 0.123 e. The standard InChI is InChI=1S/C17H27NO3.ClH/c1-17(2,3)15-6-4-5-7-16(15)21-13-14(19)12-18-8-10-20-11-9-18;/h4-7,14,19H,8-13H2,1-3H3;1H. The Hall–Kier alpha value is -0.810. The van der Waals surface area contributed by atoms with E-state index in [0.29, 0.717) is 13.2 Å². The fourth-order valence-corrected chi connectivity index (χ4v) is 2.53. The molecule has 0 aromatic heterocycles. The second-order valence-corrected chi connectivity index (χ2v) is 6.62. The molecule has 1 aromatic carbocycles. The van der Waals surface area contributed by atoms with E-state index in [4.69, 9.17) is 9.47 Å². The number of ether oxygens (including phenoxy) is 2. The summed E-state index contributed by atoms with van der Waals surface area (Å²) in [6.07, 6.45) is -0.476. The molecule has 0 bridgehead atoms. The normalized spacial score (nSPS) is 17.6. The highest BCUT2D eigenvalue weighted by Crippen LogP contribution is 2.30. The molecule has 1 unspecified atom stereocenters. The number of para-hydroxylation sites is 1. The van der Waals surface area contributed by atoms with Crippen molar-refractivity contribution in [2.24, 2.45) is 0 Å². The summed E-state index contributed by atoms with van der Waals surface area (Å²) in [4.78, 5) is 2.22. The summed E-state index contributed by atoms with van der Waals surface area (Å²) in [7, 11) is 0. The van der Waals surface area contributed by atoms with Gasteiger partial charge in [0.25, 0.3) is 0 Å². The molecule has 0 aliphatic carbocycles. The lowest BCUT2D eigenvalue weighted by atomic mass is 9.86. The molecule has 1 aliphatic heterocycles. The molecule has 126 valence electrons.